The first-order valence-electron chi connectivity index (χ1n) is 46.1. The zero-order valence-corrected chi connectivity index (χ0v) is 92.8. The van der Waals surface area contributed by atoms with E-state index < -0.39 is 23.4 Å². The van der Waals surface area contributed by atoms with Crippen LogP contribution >= 0.6 is 24.0 Å². The van der Waals surface area contributed by atoms with Gasteiger partial charge in [0, 0.05) is 170 Å². The van der Waals surface area contributed by atoms with E-state index in [0.29, 0.717) is 65.5 Å². The average Bonchev–Trinajstić information content (AvgIpc) is 1.54. The van der Waals surface area contributed by atoms with E-state index in [1.807, 2.05) is 321 Å². The molecular formula is C116H122Cl2K2N13O13. The van der Waals surface area contributed by atoms with Gasteiger partial charge in [-0.15, -0.1) is 24.0 Å². The van der Waals surface area contributed by atoms with Crippen molar-refractivity contribution in [2.45, 2.75) is 145 Å². The van der Waals surface area contributed by atoms with Crippen LogP contribution in [0.4, 0.5) is 54.5 Å². The van der Waals surface area contributed by atoms with Gasteiger partial charge in [-0.25, -0.2) is 23.7 Å². The Balaban J connectivity index is 0.000000214. The molecule has 0 atom stereocenters. The third kappa shape index (κ3) is 36.1. The molecule has 0 aliphatic heterocycles. The number of pyridine rings is 2. The van der Waals surface area contributed by atoms with Crippen molar-refractivity contribution < 1.29 is 115 Å². The van der Waals surface area contributed by atoms with Crippen molar-refractivity contribution in [3.05, 3.63) is 397 Å². The minimum atomic E-state index is -0.548. The molecule has 0 saturated carbocycles. The molecule has 0 unspecified atom stereocenters. The number of benzene rings is 14. The molecule has 14 aromatic carbocycles. The summed E-state index contributed by atoms with van der Waals surface area (Å²) in [6, 6.07) is 104. The summed E-state index contributed by atoms with van der Waals surface area (Å²) < 4.78 is 32.1. The van der Waals surface area contributed by atoms with E-state index in [1.165, 1.54) is 11.1 Å². The van der Waals surface area contributed by atoms with Gasteiger partial charge in [-0.2, -0.15) is 10.2 Å². The predicted molar refractivity (Wildman–Crippen MR) is 587 cm³/mol. The number of phenols is 2. The standard InChI is InChI=1S/C31H31N5O2.C21H22N2O3.C17H15NO.C15H17NO3.C14H19N3.C10H9NO.C7H7Cl.CH2O3.ClH.2K/c1-21-9-11-23(12-10-21)36-29(19-28(35-36)31(2,3)4)34-30(37)33-26-13-14-27(25-8-6-5-7-24(25)26)38-20-22-15-17-32-18-16-22;1-21(2,3)26-20(24)23-18-8-9-19(17-7-5-4-6-16(17)18)25-14-15-10-12-22-13-11-15;18-16-10-11-17(15-9-5-4-8-14(15)16)19-12-13-6-2-1-3-7-13;1-15(2,3)19-14(18)16-12-8-9-13(17)11-7-5-4-6-10(11)12;1-10-5-7-11(8-6-10)17-13(15)9-12(16-17)14(2,3)4;11-9-5-6-10(12)8-4-2-1-3-7(8)9;8-6-7-4-2-1-3-5-7;2-1-4-3;;;/h5-19H,20H2,1-4H3,(H2,33,34,37);4-13H,14H2,1-3H3,(H,23,24);1-11H,12,18H2;4-9,17H,1-3H3,(H,16,18);5-9H,15H2,1-4H3;1-6,12H,11H2;1-5H,6H2;1,3H;1H;;/q;;;;;;;;;;+1/p-1. The van der Waals surface area contributed by atoms with Gasteiger partial charge in [0.25, 0.3) is 6.47 Å². The van der Waals surface area contributed by atoms with Crippen molar-refractivity contribution in [3.63, 3.8) is 0 Å². The smallest absolute Gasteiger partial charge is 0.662 e. The predicted octanol–water partition coefficient (Wildman–Crippen LogP) is 23.4. The van der Waals surface area contributed by atoms with Crippen LogP contribution in [0, 0.1) is 13.8 Å². The van der Waals surface area contributed by atoms with Gasteiger partial charge in [-0.3, -0.25) is 30.7 Å². The molecule has 1 radical (unpaired) electrons. The summed E-state index contributed by atoms with van der Waals surface area (Å²) >= 11 is 5.53. The molecule has 4 heterocycles. The number of aromatic hydroxyl groups is 2. The molecule has 0 aliphatic rings. The van der Waals surface area contributed by atoms with E-state index in [9.17, 15) is 24.6 Å². The maximum absolute atomic E-state index is 13.2. The number of phenolic OH excluding ortho intramolecular Hbond substituents is 2. The molecule has 0 fully saturated rings. The minimum absolute atomic E-state index is 0. The summed E-state index contributed by atoms with van der Waals surface area (Å²) in [5.74, 6) is 4.72. The monoisotopic (exact) mass is 2050 g/mol. The topological polar surface area (TPSA) is 375 Å². The zero-order valence-electron chi connectivity index (χ0n) is 85.0. The molecular weight excluding hydrogens is 1930 g/mol. The summed E-state index contributed by atoms with van der Waals surface area (Å²) in [4.78, 5) is 56.4. The summed E-state index contributed by atoms with van der Waals surface area (Å²) in [7, 11) is 0. The fraction of sp³-hybridized carbons (Fsp3) is 0.190. The van der Waals surface area contributed by atoms with Crippen LogP contribution < -0.4 is 109 Å². The van der Waals surface area contributed by atoms with Gasteiger partial charge in [-0.05, 0) is 187 Å². The molecule has 0 aliphatic carbocycles. The molecule has 0 saturated heterocycles. The maximum Gasteiger partial charge on any atom is 1.00 e. The molecule has 4 amide bonds. The van der Waals surface area contributed by atoms with E-state index >= 15 is 0 Å². The fourth-order valence-electron chi connectivity index (χ4n) is 14.2. The van der Waals surface area contributed by atoms with Gasteiger partial charge in [0.1, 0.15) is 71.4 Å². The zero-order chi connectivity index (χ0) is 103. The number of amides is 4. The Morgan fingerprint density at radius 3 is 1.08 bits per heavy atom. The van der Waals surface area contributed by atoms with E-state index in [2.05, 4.69) is 114 Å². The van der Waals surface area contributed by atoms with Crippen molar-refractivity contribution in [2.75, 3.05) is 38.5 Å². The summed E-state index contributed by atoms with van der Waals surface area (Å²) in [5.41, 5.74) is 30.5. The molecule has 18 rings (SSSR count). The quantitative estimate of drug-likeness (QED) is 0.00777. The first kappa shape index (κ1) is 118. The molecule has 30 heteroatoms. The van der Waals surface area contributed by atoms with Crippen molar-refractivity contribution in [3.8, 4) is 40.1 Å². The number of fused-ring (bicyclic) bond motifs is 5. The second-order valence-corrected chi connectivity index (χ2v) is 37.2. The number of aromatic nitrogens is 6. The molecule has 4 aromatic heterocycles. The number of urea groups is 1. The van der Waals surface area contributed by atoms with Gasteiger partial charge in [0.2, 0.25) is 0 Å². The van der Waals surface area contributed by atoms with Crippen LogP contribution in [-0.2, 0) is 55.7 Å². The number of nitrogen functional groups attached to an aromatic ring is 3. The minimum Gasteiger partial charge on any atom is -0.662 e. The Bertz CT molecular complexity index is 7200. The van der Waals surface area contributed by atoms with Crippen LogP contribution in [0.2, 0.25) is 0 Å². The molecule has 0 bridgehead atoms. The Morgan fingerprint density at radius 1 is 0.384 bits per heavy atom. The van der Waals surface area contributed by atoms with Crippen LogP contribution in [0.3, 0.4) is 0 Å². The summed E-state index contributed by atoms with van der Waals surface area (Å²) in [5, 5.41) is 57.4. The van der Waals surface area contributed by atoms with Crippen LogP contribution in [0.1, 0.15) is 128 Å². The van der Waals surface area contributed by atoms with Gasteiger partial charge >= 0.3 is 69.6 Å². The van der Waals surface area contributed by atoms with Gasteiger partial charge in [-0.1, -0.05) is 259 Å². The molecule has 18 aromatic rings. The Kier molecular flexibility index (Phi) is 45.9. The Morgan fingerprint density at radius 2 is 0.692 bits per heavy atom. The normalized spacial score (nSPS) is 10.7. The average molecular weight is 2060 g/mol. The van der Waals surface area contributed by atoms with Crippen molar-refractivity contribution in [1.82, 2.24) is 29.5 Å². The Hall–Kier alpha value is -13.4. The van der Waals surface area contributed by atoms with Gasteiger partial charge in [0.15, 0.2) is 0 Å². The van der Waals surface area contributed by atoms with Crippen LogP contribution in [-0.4, -0.2) is 127 Å². The number of carbonyl (C=O) groups excluding carboxylic acids is 4. The first-order valence-corrected chi connectivity index (χ1v) is 46.6. The van der Waals surface area contributed by atoms with E-state index in [4.69, 9.17) is 67.6 Å². The van der Waals surface area contributed by atoms with E-state index in [1.54, 1.807) is 64.5 Å². The van der Waals surface area contributed by atoms with E-state index in [-0.39, 0.29) is 150 Å². The number of hydrogen-bond acceptors (Lipinski definition) is 20. The van der Waals surface area contributed by atoms with Gasteiger partial charge in [0.05, 0.1) is 39.8 Å². The maximum atomic E-state index is 13.2. The summed E-state index contributed by atoms with van der Waals surface area (Å²) in [6.45, 7) is 29.0. The number of nitrogens with zero attached hydrogens (tertiary/aromatic N) is 6. The second kappa shape index (κ2) is 56.9. The number of ether oxygens (including phenoxy) is 5. The third-order valence-corrected chi connectivity index (χ3v) is 21.7. The number of nitrogens with one attached hydrogen (secondary N) is 4. The van der Waals surface area contributed by atoms with Gasteiger partial charge < -0.3 is 66.6 Å². The number of aryl methyl sites for hydroxylation is 2. The number of rotatable bonds is 17. The van der Waals surface area contributed by atoms with Crippen LogP contribution in [0.5, 0.6) is 28.7 Å². The SMILES string of the molecule is CC(C)(C)OC(=O)Nc1ccc(O)c2ccccc12.CC(C)(C)OC(=O)Nc1ccc(OCc2ccncc2)c2ccccc12.Cc1ccc(-n2nc(C(C)(C)C)cc2N)cc1.Cc1ccc(-n2nc(C(C)(C)C)cc2NC(=O)Nc2ccc(OCc3ccncc3)c3ccccc23)cc1.Cl.ClCc1ccccc1.Nc1ccc(O)c2ccccc12.Nc1ccc(OCc2ccccc2)c2ccccc12.O=CO[O-].[K+].[K]. The van der Waals surface area contributed by atoms with Crippen LogP contribution in [0.15, 0.2) is 352 Å². The number of hydrogen-bond donors (Lipinski definition) is 9. The van der Waals surface area contributed by atoms with E-state index in [0.717, 1.165) is 116 Å². The Labute approximate surface area is 948 Å². The molecule has 12 N–H and O–H groups in total. The van der Waals surface area contributed by atoms with Crippen LogP contribution in [0.25, 0.3) is 65.2 Å². The first-order chi connectivity index (χ1) is 68.4. The number of carbonyl (C=O) groups is 4. The van der Waals surface area contributed by atoms with Crippen molar-refractivity contribution in [1.29, 1.82) is 0 Å². The largest absolute Gasteiger partial charge is 1.00 e. The molecule has 0 spiro atoms. The third-order valence-electron chi connectivity index (χ3n) is 21.4. The molecule has 745 valence electrons. The molecule has 146 heavy (non-hydrogen) atoms. The van der Waals surface area contributed by atoms with Crippen molar-refractivity contribution in [2.24, 2.45) is 0 Å². The fourth-order valence-corrected chi connectivity index (χ4v) is 14.4. The second-order valence-electron chi connectivity index (χ2n) is 37.0. The number of halogens is 2. The number of anilines is 7. The summed E-state index contributed by atoms with van der Waals surface area (Å²) in [6.07, 6.45) is 5.99. The number of nitrogens with two attached hydrogens (primary N) is 3. The number of alkyl halides is 1. The van der Waals surface area contributed by atoms with Crippen molar-refractivity contribution >= 4 is 194 Å². The molecule has 26 nitrogen and oxygen atoms in total.